The first kappa shape index (κ1) is 13.6. The molecule has 0 saturated carbocycles. The van der Waals surface area contributed by atoms with Crippen LogP contribution in [0.1, 0.15) is 29.3 Å². The van der Waals surface area contributed by atoms with Crippen molar-refractivity contribution in [3.05, 3.63) is 29.3 Å². The Morgan fingerprint density at radius 1 is 1.41 bits per heavy atom. The van der Waals surface area contributed by atoms with Crippen molar-refractivity contribution < 1.29 is 19.4 Å². The topological polar surface area (TPSA) is 63.6 Å². The number of carbonyl (C=O) groups is 2. The van der Waals surface area contributed by atoms with Crippen molar-refractivity contribution in [3.8, 4) is 0 Å². The van der Waals surface area contributed by atoms with E-state index >= 15 is 0 Å². The molecule has 0 fully saturated rings. The molecule has 0 unspecified atom stereocenters. The molecule has 0 aromatic heterocycles. The second-order valence-corrected chi connectivity index (χ2v) is 3.95. The van der Waals surface area contributed by atoms with E-state index in [1.54, 1.807) is 25.1 Å². The Bertz CT molecular complexity index is 429. The predicted octanol–water partition coefficient (Wildman–Crippen LogP) is 2.17. The van der Waals surface area contributed by atoms with Gasteiger partial charge in [-0.3, -0.25) is 4.79 Å². The van der Waals surface area contributed by atoms with Gasteiger partial charge in [-0.25, -0.2) is 4.79 Å². The highest BCUT2D eigenvalue weighted by Gasteiger charge is 2.11. The fourth-order valence-electron chi connectivity index (χ4n) is 1.37. The van der Waals surface area contributed by atoms with Crippen LogP contribution in [0.5, 0.6) is 0 Å². The lowest BCUT2D eigenvalue weighted by Crippen LogP contribution is -2.06. The van der Waals surface area contributed by atoms with Crippen molar-refractivity contribution in [1.29, 1.82) is 0 Å². The van der Waals surface area contributed by atoms with Gasteiger partial charge in [0.05, 0.1) is 12.2 Å². The molecule has 5 heteroatoms. The molecule has 0 aliphatic carbocycles. The van der Waals surface area contributed by atoms with Crippen LogP contribution in [-0.4, -0.2) is 23.7 Å². The Morgan fingerprint density at radius 2 is 2.12 bits per heavy atom. The van der Waals surface area contributed by atoms with Gasteiger partial charge >= 0.3 is 11.9 Å². The number of benzene rings is 1. The maximum atomic E-state index is 11.5. The molecule has 92 valence electrons. The van der Waals surface area contributed by atoms with Gasteiger partial charge in [-0.1, -0.05) is 6.07 Å². The maximum absolute atomic E-state index is 11.5. The summed E-state index contributed by atoms with van der Waals surface area (Å²) in [5.74, 6) is -1.26. The summed E-state index contributed by atoms with van der Waals surface area (Å²) in [5.41, 5.74) is 1.24. The zero-order valence-corrected chi connectivity index (χ0v) is 10.4. The van der Waals surface area contributed by atoms with Gasteiger partial charge in [0.1, 0.15) is 0 Å². The fraction of sp³-hybridized carbons (Fsp3) is 0.333. The lowest BCUT2D eigenvalue weighted by Gasteiger charge is -2.06. The second kappa shape index (κ2) is 6.30. The van der Waals surface area contributed by atoms with Crippen molar-refractivity contribution >= 4 is 24.6 Å². The number of thiol groups is 1. The number of aryl methyl sites for hydroxylation is 1. The summed E-state index contributed by atoms with van der Waals surface area (Å²) >= 11 is 4.20. The summed E-state index contributed by atoms with van der Waals surface area (Å²) in [4.78, 5) is 22.4. The standard InChI is InChI=1S/C12H14O4S/c1-2-16-12(15)9-5-3-8(7-10(9)17)4-6-11(13)14/h3,5,7,17H,2,4,6H2,1H3,(H,13,14). The quantitative estimate of drug-likeness (QED) is 0.624. The summed E-state index contributed by atoms with van der Waals surface area (Å²) in [5, 5.41) is 8.56. The Morgan fingerprint density at radius 3 is 2.65 bits per heavy atom. The molecule has 0 aliphatic heterocycles. The predicted molar refractivity (Wildman–Crippen MR) is 65.6 cm³/mol. The molecule has 0 heterocycles. The number of carbonyl (C=O) groups excluding carboxylic acids is 1. The largest absolute Gasteiger partial charge is 0.481 e. The van der Waals surface area contributed by atoms with Crippen molar-refractivity contribution in [2.24, 2.45) is 0 Å². The molecule has 1 N–H and O–H groups in total. The summed E-state index contributed by atoms with van der Waals surface area (Å²) in [6.45, 7) is 2.05. The minimum atomic E-state index is -0.847. The average Bonchev–Trinajstić information content (AvgIpc) is 2.26. The molecule has 1 aromatic rings. The average molecular weight is 254 g/mol. The van der Waals surface area contributed by atoms with Crippen molar-refractivity contribution in [2.45, 2.75) is 24.7 Å². The number of carboxylic acid groups (broad SMARTS) is 1. The second-order valence-electron chi connectivity index (χ2n) is 3.47. The van der Waals surface area contributed by atoms with Gasteiger partial charge in [0.2, 0.25) is 0 Å². The van der Waals surface area contributed by atoms with Crippen molar-refractivity contribution in [1.82, 2.24) is 0 Å². The minimum Gasteiger partial charge on any atom is -0.481 e. The van der Waals surface area contributed by atoms with Crippen LogP contribution in [0.3, 0.4) is 0 Å². The summed E-state index contributed by atoms with van der Waals surface area (Å²) in [6, 6.07) is 5.02. The summed E-state index contributed by atoms with van der Waals surface area (Å²) in [7, 11) is 0. The van der Waals surface area contributed by atoms with Gasteiger partial charge in [0, 0.05) is 11.3 Å². The van der Waals surface area contributed by atoms with E-state index in [4.69, 9.17) is 9.84 Å². The molecule has 17 heavy (non-hydrogen) atoms. The van der Waals surface area contributed by atoms with E-state index in [1.807, 2.05) is 0 Å². The van der Waals surface area contributed by atoms with Gasteiger partial charge < -0.3 is 9.84 Å². The smallest absolute Gasteiger partial charge is 0.339 e. The van der Waals surface area contributed by atoms with E-state index in [0.717, 1.165) is 5.56 Å². The normalized spacial score (nSPS) is 10.0. The van der Waals surface area contributed by atoms with Crippen LogP contribution in [-0.2, 0) is 16.0 Å². The van der Waals surface area contributed by atoms with E-state index in [1.165, 1.54) is 0 Å². The zero-order chi connectivity index (χ0) is 12.8. The Hall–Kier alpha value is -1.49. The highest BCUT2D eigenvalue weighted by molar-refractivity contribution is 7.80. The SMILES string of the molecule is CCOC(=O)c1ccc(CCC(=O)O)cc1S. The first-order valence-corrected chi connectivity index (χ1v) is 5.70. The van der Waals surface area contributed by atoms with E-state index in [9.17, 15) is 9.59 Å². The van der Waals surface area contributed by atoms with Crippen LogP contribution in [0.25, 0.3) is 0 Å². The number of aliphatic carboxylic acids is 1. The molecule has 0 bridgehead atoms. The van der Waals surface area contributed by atoms with Crippen molar-refractivity contribution in [2.75, 3.05) is 6.61 Å². The minimum absolute atomic E-state index is 0.0615. The molecule has 0 atom stereocenters. The number of esters is 1. The molecule has 4 nitrogen and oxygen atoms in total. The van der Waals surface area contributed by atoms with Gasteiger partial charge in [0.25, 0.3) is 0 Å². The summed E-state index contributed by atoms with van der Waals surface area (Å²) < 4.78 is 4.86. The molecule has 0 amide bonds. The van der Waals surface area contributed by atoms with Crippen LogP contribution >= 0.6 is 12.6 Å². The van der Waals surface area contributed by atoms with Crippen LogP contribution in [0, 0.1) is 0 Å². The van der Waals surface area contributed by atoms with E-state index < -0.39 is 11.9 Å². The van der Waals surface area contributed by atoms with Crippen LogP contribution in [0.2, 0.25) is 0 Å². The number of hydrogen-bond acceptors (Lipinski definition) is 4. The van der Waals surface area contributed by atoms with Crippen LogP contribution < -0.4 is 0 Å². The Balaban J connectivity index is 2.79. The van der Waals surface area contributed by atoms with Crippen LogP contribution in [0.4, 0.5) is 0 Å². The van der Waals surface area contributed by atoms with E-state index in [0.29, 0.717) is 23.5 Å². The highest BCUT2D eigenvalue weighted by Crippen LogP contribution is 2.18. The van der Waals surface area contributed by atoms with Crippen molar-refractivity contribution in [3.63, 3.8) is 0 Å². The number of carboxylic acids is 1. The Kier molecular flexibility index (Phi) is 5.03. The molecular formula is C12H14O4S. The van der Waals surface area contributed by atoms with Gasteiger partial charge in [-0.2, -0.15) is 0 Å². The Labute approximate surface area is 105 Å². The molecular weight excluding hydrogens is 240 g/mol. The highest BCUT2D eigenvalue weighted by atomic mass is 32.1. The zero-order valence-electron chi connectivity index (χ0n) is 9.47. The molecule has 1 aromatic carbocycles. The third-order valence-electron chi connectivity index (χ3n) is 2.19. The molecule has 0 saturated heterocycles. The molecule has 0 radical (unpaired) electrons. The van der Waals surface area contributed by atoms with Crippen LogP contribution in [0.15, 0.2) is 23.1 Å². The fourth-order valence-corrected chi connectivity index (χ4v) is 1.70. The third-order valence-corrected chi connectivity index (χ3v) is 2.56. The molecule has 0 aliphatic rings. The monoisotopic (exact) mass is 254 g/mol. The van der Waals surface area contributed by atoms with Gasteiger partial charge in [-0.15, -0.1) is 12.6 Å². The number of rotatable bonds is 5. The number of ether oxygens (including phenoxy) is 1. The number of hydrogen-bond donors (Lipinski definition) is 2. The third kappa shape index (κ3) is 4.11. The van der Waals surface area contributed by atoms with E-state index in [2.05, 4.69) is 12.6 Å². The van der Waals surface area contributed by atoms with E-state index in [-0.39, 0.29) is 6.42 Å². The first-order valence-electron chi connectivity index (χ1n) is 5.25. The lowest BCUT2D eigenvalue weighted by atomic mass is 10.1. The molecule has 0 spiro atoms. The summed E-state index contributed by atoms with van der Waals surface area (Å²) in [6.07, 6.45) is 0.484. The first-order chi connectivity index (χ1) is 8.04. The van der Waals surface area contributed by atoms with Gasteiger partial charge in [-0.05, 0) is 31.0 Å². The maximum Gasteiger partial charge on any atom is 0.339 e. The van der Waals surface area contributed by atoms with Gasteiger partial charge in [0.15, 0.2) is 0 Å². The lowest BCUT2D eigenvalue weighted by molar-refractivity contribution is -0.136. The molecule has 1 rings (SSSR count).